The molecule has 0 aromatic carbocycles. The van der Waals surface area contributed by atoms with Gasteiger partial charge >= 0.3 is 0 Å². The summed E-state index contributed by atoms with van der Waals surface area (Å²) < 4.78 is 5.95. The van der Waals surface area contributed by atoms with Crippen molar-refractivity contribution in [1.82, 2.24) is 15.1 Å². The molecule has 0 aromatic heterocycles. The zero-order valence-electron chi connectivity index (χ0n) is 14.1. The molecule has 2 rings (SSSR count). The monoisotopic (exact) mass is 329 g/mol. The lowest BCUT2D eigenvalue weighted by molar-refractivity contribution is -0.131. The molecule has 2 fully saturated rings. The third kappa shape index (κ3) is 5.72. The average molecular weight is 330 g/mol. The molecule has 6 heteroatoms. The number of amides is 1. The fourth-order valence-electron chi connectivity index (χ4n) is 3.07. The minimum absolute atomic E-state index is 0.230. The lowest BCUT2D eigenvalue weighted by Crippen LogP contribution is -2.42. The lowest BCUT2D eigenvalue weighted by Gasteiger charge is -2.25. The molecule has 2 aliphatic rings. The van der Waals surface area contributed by atoms with Gasteiger partial charge in [-0.3, -0.25) is 4.79 Å². The largest absolute Gasteiger partial charge is 0.375 e. The number of carbonyl (C=O) groups is 1. The molecule has 0 bridgehead atoms. The van der Waals surface area contributed by atoms with Crippen LogP contribution >= 0.6 is 11.8 Å². The zero-order chi connectivity index (χ0) is 15.8. The molecule has 2 heterocycles. The number of likely N-dealkylation sites (tertiary alicyclic amines) is 1. The van der Waals surface area contributed by atoms with E-state index in [1.165, 1.54) is 0 Å². The summed E-state index contributed by atoms with van der Waals surface area (Å²) in [5.74, 6) is 2.51. The quantitative estimate of drug-likeness (QED) is 0.721. The Morgan fingerprint density at radius 2 is 2.23 bits per heavy atom. The standard InChI is InChI=1S/C16H31N3O2S/c1-3-18(4-2)8-9-21-15-5-7-19(12-15)16(20)11-14-13-22-10-6-17-14/h14-15,17H,3-13H2,1-2H3. The highest BCUT2D eigenvalue weighted by Crippen LogP contribution is 2.16. The van der Waals surface area contributed by atoms with Crippen molar-refractivity contribution >= 4 is 17.7 Å². The maximum Gasteiger partial charge on any atom is 0.224 e. The zero-order valence-corrected chi connectivity index (χ0v) is 14.9. The second-order valence-corrected chi connectivity index (χ2v) is 7.23. The predicted molar refractivity (Wildman–Crippen MR) is 92.5 cm³/mol. The smallest absolute Gasteiger partial charge is 0.224 e. The van der Waals surface area contributed by atoms with E-state index < -0.39 is 0 Å². The first-order valence-corrected chi connectivity index (χ1v) is 9.81. The summed E-state index contributed by atoms with van der Waals surface area (Å²) in [6.07, 6.45) is 1.85. The maximum atomic E-state index is 12.3. The van der Waals surface area contributed by atoms with Gasteiger partial charge < -0.3 is 19.9 Å². The van der Waals surface area contributed by atoms with Crippen LogP contribution in [0.2, 0.25) is 0 Å². The summed E-state index contributed by atoms with van der Waals surface area (Å²) >= 11 is 1.94. The molecule has 2 aliphatic heterocycles. The summed E-state index contributed by atoms with van der Waals surface area (Å²) in [5, 5.41) is 3.44. The molecule has 2 saturated heterocycles. The Morgan fingerprint density at radius 3 is 2.91 bits per heavy atom. The minimum Gasteiger partial charge on any atom is -0.375 e. The van der Waals surface area contributed by atoms with E-state index in [4.69, 9.17) is 4.74 Å². The average Bonchev–Trinajstić information content (AvgIpc) is 3.01. The molecular weight excluding hydrogens is 298 g/mol. The van der Waals surface area contributed by atoms with Crippen molar-refractivity contribution in [2.75, 3.05) is 57.4 Å². The molecule has 128 valence electrons. The molecule has 0 saturated carbocycles. The first-order valence-electron chi connectivity index (χ1n) is 8.65. The molecule has 2 unspecified atom stereocenters. The van der Waals surface area contributed by atoms with Crippen LogP contribution in [0.1, 0.15) is 26.7 Å². The van der Waals surface area contributed by atoms with Crippen LogP contribution in [0, 0.1) is 0 Å². The number of ether oxygens (including phenoxy) is 1. The Balaban J connectivity index is 1.63. The number of likely N-dealkylation sites (N-methyl/N-ethyl adjacent to an activating group) is 1. The molecule has 0 radical (unpaired) electrons. The molecule has 0 aliphatic carbocycles. The molecular formula is C16H31N3O2S. The van der Waals surface area contributed by atoms with Gasteiger partial charge in [0.25, 0.3) is 0 Å². The van der Waals surface area contributed by atoms with Crippen molar-refractivity contribution in [1.29, 1.82) is 0 Å². The lowest BCUT2D eigenvalue weighted by atomic mass is 10.2. The Kier molecular flexibility index (Phi) is 8.00. The molecule has 2 atom stereocenters. The second kappa shape index (κ2) is 9.75. The molecule has 1 N–H and O–H groups in total. The predicted octanol–water partition coefficient (Wildman–Crippen LogP) is 1.04. The van der Waals surface area contributed by atoms with Crippen LogP contribution < -0.4 is 5.32 Å². The fourth-order valence-corrected chi connectivity index (χ4v) is 4.02. The van der Waals surface area contributed by atoms with Crippen LogP contribution in [0.25, 0.3) is 0 Å². The third-order valence-corrected chi connectivity index (χ3v) is 5.70. The van der Waals surface area contributed by atoms with E-state index in [2.05, 4.69) is 24.1 Å². The van der Waals surface area contributed by atoms with Crippen LogP contribution in [0.3, 0.4) is 0 Å². The van der Waals surface area contributed by atoms with Crippen LogP contribution in [0.5, 0.6) is 0 Å². The minimum atomic E-state index is 0.230. The Bertz CT molecular complexity index is 333. The number of rotatable bonds is 8. The highest BCUT2D eigenvalue weighted by atomic mass is 32.2. The van der Waals surface area contributed by atoms with Crippen molar-refractivity contribution in [2.24, 2.45) is 0 Å². The summed E-state index contributed by atoms with van der Waals surface area (Å²) in [6, 6.07) is 0.355. The number of nitrogens with zero attached hydrogens (tertiary/aromatic N) is 2. The molecule has 0 spiro atoms. The van der Waals surface area contributed by atoms with E-state index in [0.717, 1.165) is 63.8 Å². The van der Waals surface area contributed by atoms with Crippen LogP contribution in [0.4, 0.5) is 0 Å². The summed E-state index contributed by atoms with van der Waals surface area (Å²) in [5.41, 5.74) is 0. The Labute approximate surface area is 139 Å². The molecule has 22 heavy (non-hydrogen) atoms. The van der Waals surface area contributed by atoms with Crippen LogP contribution in [-0.4, -0.2) is 85.2 Å². The van der Waals surface area contributed by atoms with E-state index >= 15 is 0 Å². The van der Waals surface area contributed by atoms with Gasteiger partial charge in [0.05, 0.1) is 12.7 Å². The van der Waals surface area contributed by atoms with Crippen molar-refractivity contribution in [3.63, 3.8) is 0 Å². The Hall–Kier alpha value is -0.300. The highest BCUT2D eigenvalue weighted by Gasteiger charge is 2.28. The van der Waals surface area contributed by atoms with Gasteiger partial charge in [-0.1, -0.05) is 13.8 Å². The number of nitrogens with one attached hydrogen (secondary N) is 1. The van der Waals surface area contributed by atoms with E-state index in [9.17, 15) is 4.79 Å². The second-order valence-electron chi connectivity index (χ2n) is 6.08. The van der Waals surface area contributed by atoms with Crippen molar-refractivity contribution < 1.29 is 9.53 Å². The first-order chi connectivity index (χ1) is 10.7. The van der Waals surface area contributed by atoms with Gasteiger partial charge in [0.15, 0.2) is 0 Å². The summed E-state index contributed by atoms with van der Waals surface area (Å²) in [4.78, 5) is 16.7. The topological polar surface area (TPSA) is 44.8 Å². The van der Waals surface area contributed by atoms with E-state index in [1.54, 1.807) is 0 Å². The summed E-state index contributed by atoms with van der Waals surface area (Å²) in [6.45, 7) is 10.9. The number of thioether (sulfide) groups is 1. The van der Waals surface area contributed by atoms with Crippen LogP contribution in [0.15, 0.2) is 0 Å². The molecule has 5 nitrogen and oxygen atoms in total. The highest BCUT2D eigenvalue weighted by molar-refractivity contribution is 7.99. The number of carbonyl (C=O) groups excluding carboxylic acids is 1. The Morgan fingerprint density at radius 1 is 1.41 bits per heavy atom. The van der Waals surface area contributed by atoms with Gasteiger partial charge in [-0.25, -0.2) is 0 Å². The van der Waals surface area contributed by atoms with Gasteiger partial charge in [0.1, 0.15) is 0 Å². The van der Waals surface area contributed by atoms with Crippen molar-refractivity contribution in [3.05, 3.63) is 0 Å². The number of hydrogen-bond donors (Lipinski definition) is 1. The van der Waals surface area contributed by atoms with Gasteiger partial charge in [-0.2, -0.15) is 11.8 Å². The molecule has 0 aromatic rings. The van der Waals surface area contributed by atoms with Gasteiger partial charge in [-0.05, 0) is 19.5 Å². The van der Waals surface area contributed by atoms with E-state index in [1.807, 2.05) is 16.7 Å². The first kappa shape index (κ1) is 18.0. The van der Waals surface area contributed by atoms with E-state index in [-0.39, 0.29) is 12.0 Å². The fraction of sp³-hybridized carbons (Fsp3) is 0.938. The summed E-state index contributed by atoms with van der Waals surface area (Å²) in [7, 11) is 0. The van der Waals surface area contributed by atoms with Crippen LogP contribution in [-0.2, 0) is 9.53 Å². The van der Waals surface area contributed by atoms with Crippen molar-refractivity contribution in [2.45, 2.75) is 38.8 Å². The van der Waals surface area contributed by atoms with Gasteiger partial charge in [-0.15, -0.1) is 0 Å². The normalized spacial score (nSPS) is 25.9. The maximum absolute atomic E-state index is 12.3. The van der Waals surface area contributed by atoms with Crippen molar-refractivity contribution in [3.8, 4) is 0 Å². The number of hydrogen-bond acceptors (Lipinski definition) is 5. The molecule has 1 amide bonds. The van der Waals surface area contributed by atoms with Gasteiger partial charge in [0.2, 0.25) is 5.91 Å². The van der Waals surface area contributed by atoms with Gasteiger partial charge in [0, 0.05) is 50.1 Å². The SMILES string of the molecule is CCN(CC)CCOC1CCN(C(=O)CC2CSCCN2)C1. The van der Waals surface area contributed by atoms with E-state index in [0.29, 0.717) is 12.5 Å². The third-order valence-electron chi connectivity index (χ3n) is 4.57.